The minimum absolute atomic E-state index is 0.0628. The highest BCUT2D eigenvalue weighted by Gasteiger charge is 2.19. The number of hydrogen-bond donors (Lipinski definition) is 0. The van der Waals surface area contributed by atoms with E-state index >= 15 is 0 Å². The zero-order valence-corrected chi connectivity index (χ0v) is 43.2. The lowest BCUT2D eigenvalue weighted by molar-refractivity contribution is -0.167. The van der Waals surface area contributed by atoms with Gasteiger partial charge in [-0.2, -0.15) is 0 Å². The molecule has 0 aromatic carbocycles. The number of carbonyl (C=O) groups is 3. The maximum absolute atomic E-state index is 12.8. The highest BCUT2D eigenvalue weighted by Crippen LogP contribution is 2.18. The zero-order valence-electron chi connectivity index (χ0n) is 43.2. The molecule has 0 amide bonds. The van der Waals surface area contributed by atoms with E-state index < -0.39 is 6.10 Å². The molecule has 0 aromatic rings. The second-order valence-electron chi connectivity index (χ2n) is 20.5. The second-order valence-corrected chi connectivity index (χ2v) is 20.5. The summed E-state index contributed by atoms with van der Waals surface area (Å²) in [5.74, 6) is 0.824. The van der Waals surface area contributed by atoms with Gasteiger partial charge in [-0.25, -0.2) is 0 Å². The van der Waals surface area contributed by atoms with E-state index in [2.05, 4.69) is 34.6 Å². The first-order chi connectivity index (χ1) is 30.7. The largest absolute Gasteiger partial charge is 0.462 e. The molecule has 0 heterocycles. The summed E-state index contributed by atoms with van der Waals surface area (Å²) in [6.45, 7) is 11.4. The zero-order chi connectivity index (χ0) is 46.1. The van der Waals surface area contributed by atoms with E-state index in [9.17, 15) is 14.4 Å². The maximum atomic E-state index is 12.8. The Hall–Kier alpha value is -1.59. The molecule has 0 bridgehead atoms. The third-order valence-electron chi connectivity index (χ3n) is 13.0. The van der Waals surface area contributed by atoms with Gasteiger partial charge in [0.1, 0.15) is 13.2 Å². The first-order valence-corrected chi connectivity index (χ1v) is 28.2. The molecule has 0 N–H and O–H groups in total. The molecule has 0 unspecified atom stereocenters. The van der Waals surface area contributed by atoms with Crippen LogP contribution in [0, 0.1) is 11.8 Å². The van der Waals surface area contributed by atoms with E-state index in [0.29, 0.717) is 19.3 Å². The van der Waals surface area contributed by atoms with Crippen molar-refractivity contribution in [1.82, 2.24) is 0 Å². The average molecular weight is 892 g/mol. The maximum Gasteiger partial charge on any atom is 0.306 e. The predicted molar refractivity (Wildman–Crippen MR) is 270 cm³/mol. The van der Waals surface area contributed by atoms with Crippen molar-refractivity contribution < 1.29 is 28.6 Å². The SMILES string of the molecule is CCCCCCCCCCCCCCCCCC(=O)OC[C@H](COC(=O)CCCCCCCCCCCCCC(C)C)OC(=O)CCCCCCCCCCCCCCCC(C)C. The highest BCUT2D eigenvalue weighted by atomic mass is 16.6. The van der Waals surface area contributed by atoms with Gasteiger partial charge in [-0.3, -0.25) is 14.4 Å². The van der Waals surface area contributed by atoms with Crippen LogP contribution in [0.5, 0.6) is 0 Å². The Morgan fingerprint density at radius 1 is 0.302 bits per heavy atom. The molecule has 6 nitrogen and oxygen atoms in total. The number of carbonyl (C=O) groups excluding carboxylic acids is 3. The Morgan fingerprint density at radius 2 is 0.524 bits per heavy atom. The summed E-state index contributed by atoms with van der Waals surface area (Å²) in [5, 5.41) is 0. The predicted octanol–water partition coefficient (Wildman–Crippen LogP) is 18.5. The van der Waals surface area contributed by atoms with Gasteiger partial charge < -0.3 is 14.2 Å². The summed E-state index contributed by atoms with van der Waals surface area (Å²) < 4.78 is 16.9. The van der Waals surface area contributed by atoms with Crippen LogP contribution in [0.3, 0.4) is 0 Å². The third kappa shape index (κ3) is 51.3. The summed E-state index contributed by atoms with van der Waals surface area (Å²) in [5.41, 5.74) is 0. The van der Waals surface area contributed by atoms with E-state index in [1.54, 1.807) is 0 Å². The summed E-state index contributed by atoms with van der Waals surface area (Å²) in [6, 6.07) is 0. The number of rotatable bonds is 51. The minimum atomic E-state index is -0.762. The molecular weight excluding hydrogens is 781 g/mol. The Labute approximate surface area is 393 Å². The molecule has 1 atom stereocenters. The van der Waals surface area contributed by atoms with Gasteiger partial charge in [0.2, 0.25) is 0 Å². The van der Waals surface area contributed by atoms with Crippen molar-refractivity contribution in [3.8, 4) is 0 Å². The lowest BCUT2D eigenvalue weighted by Crippen LogP contribution is -2.30. The fraction of sp³-hybridized carbons (Fsp3) is 0.947. The lowest BCUT2D eigenvalue weighted by atomic mass is 10.0. The molecule has 374 valence electrons. The summed E-state index contributed by atoms with van der Waals surface area (Å²) in [6.07, 6.45) is 52.3. The van der Waals surface area contributed by atoms with Crippen molar-refractivity contribution in [3.63, 3.8) is 0 Å². The normalized spacial score (nSPS) is 12.0. The summed E-state index contributed by atoms with van der Waals surface area (Å²) >= 11 is 0. The monoisotopic (exact) mass is 891 g/mol. The standard InChI is InChI=1S/C57H110O6/c1-6-7-8-9-10-11-12-13-14-17-22-27-32-37-42-47-55(58)61-50-54(51-62-56(59)48-43-38-33-28-24-19-21-26-31-36-41-46-53(4)5)63-57(60)49-44-39-34-29-23-18-15-16-20-25-30-35-40-45-52(2)3/h52-54H,6-51H2,1-5H3/t54-/m1/s1. The summed E-state index contributed by atoms with van der Waals surface area (Å²) in [7, 11) is 0. The van der Waals surface area contributed by atoms with Gasteiger partial charge in [-0.05, 0) is 31.1 Å². The molecule has 0 radical (unpaired) electrons. The number of unbranched alkanes of at least 4 members (excludes halogenated alkanes) is 36. The van der Waals surface area contributed by atoms with Crippen LogP contribution in [0.1, 0.15) is 317 Å². The molecule has 0 saturated heterocycles. The van der Waals surface area contributed by atoms with Gasteiger partial charge in [-0.15, -0.1) is 0 Å². The van der Waals surface area contributed by atoms with Crippen LogP contribution >= 0.6 is 0 Å². The number of hydrogen-bond acceptors (Lipinski definition) is 6. The first-order valence-electron chi connectivity index (χ1n) is 28.2. The molecule has 0 aliphatic rings. The van der Waals surface area contributed by atoms with Crippen LogP contribution in [-0.2, 0) is 28.6 Å². The van der Waals surface area contributed by atoms with Crippen LogP contribution < -0.4 is 0 Å². The highest BCUT2D eigenvalue weighted by molar-refractivity contribution is 5.71. The smallest absolute Gasteiger partial charge is 0.306 e. The minimum Gasteiger partial charge on any atom is -0.462 e. The molecule has 0 spiro atoms. The van der Waals surface area contributed by atoms with Crippen molar-refractivity contribution in [3.05, 3.63) is 0 Å². The van der Waals surface area contributed by atoms with Gasteiger partial charge in [0, 0.05) is 19.3 Å². The lowest BCUT2D eigenvalue weighted by Gasteiger charge is -2.18. The van der Waals surface area contributed by atoms with Gasteiger partial charge in [0.05, 0.1) is 0 Å². The molecular formula is C57H110O6. The Balaban J connectivity index is 4.31. The molecule has 6 heteroatoms. The van der Waals surface area contributed by atoms with Gasteiger partial charge in [0.15, 0.2) is 6.10 Å². The van der Waals surface area contributed by atoms with Crippen LogP contribution in [0.25, 0.3) is 0 Å². The Kier molecular flexibility index (Phi) is 48.6. The van der Waals surface area contributed by atoms with Crippen molar-refractivity contribution in [2.75, 3.05) is 13.2 Å². The van der Waals surface area contributed by atoms with Crippen molar-refractivity contribution >= 4 is 17.9 Å². The molecule has 0 aromatic heterocycles. The van der Waals surface area contributed by atoms with Crippen LogP contribution in [0.2, 0.25) is 0 Å². The molecule has 0 saturated carbocycles. The number of ether oxygens (including phenoxy) is 3. The van der Waals surface area contributed by atoms with Crippen LogP contribution in [-0.4, -0.2) is 37.2 Å². The van der Waals surface area contributed by atoms with E-state index in [1.165, 1.54) is 205 Å². The van der Waals surface area contributed by atoms with Crippen molar-refractivity contribution in [2.24, 2.45) is 11.8 Å². The molecule has 63 heavy (non-hydrogen) atoms. The topological polar surface area (TPSA) is 78.9 Å². The van der Waals surface area contributed by atoms with Gasteiger partial charge >= 0.3 is 17.9 Å². The van der Waals surface area contributed by atoms with E-state index in [1.807, 2.05) is 0 Å². The molecule has 0 aliphatic heterocycles. The van der Waals surface area contributed by atoms with Crippen LogP contribution in [0.4, 0.5) is 0 Å². The first kappa shape index (κ1) is 61.4. The van der Waals surface area contributed by atoms with E-state index in [-0.39, 0.29) is 31.1 Å². The number of esters is 3. The van der Waals surface area contributed by atoms with E-state index in [0.717, 1.165) is 69.6 Å². The fourth-order valence-corrected chi connectivity index (χ4v) is 8.70. The fourth-order valence-electron chi connectivity index (χ4n) is 8.70. The molecule has 0 rings (SSSR count). The second kappa shape index (κ2) is 49.8. The van der Waals surface area contributed by atoms with Gasteiger partial charge in [0.25, 0.3) is 0 Å². The third-order valence-corrected chi connectivity index (χ3v) is 13.0. The van der Waals surface area contributed by atoms with Crippen molar-refractivity contribution in [2.45, 2.75) is 323 Å². The molecule has 0 aliphatic carbocycles. The van der Waals surface area contributed by atoms with Gasteiger partial charge in [-0.1, -0.05) is 279 Å². The Morgan fingerprint density at radius 3 is 0.778 bits per heavy atom. The Bertz CT molecular complexity index is 962. The average Bonchev–Trinajstić information content (AvgIpc) is 3.25. The summed E-state index contributed by atoms with van der Waals surface area (Å²) in [4.78, 5) is 38.1. The van der Waals surface area contributed by atoms with E-state index in [4.69, 9.17) is 14.2 Å². The van der Waals surface area contributed by atoms with Crippen molar-refractivity contribution in [1.29, 1.82) is 0 Å². The quantitative estimate of drug-likeness (QED) is 0.0344. The van der Waals surface area contributed by atoms with Crippen LogP contribution in [0.15, 0.2) is 0 Å². The molecule has 0 fully saturated rings.